The Morgan fingerprint density at radius 3 is 2.71 bits per heavy atom. The van der Waals surface area contributed by atoms with Crippen molar-refractivity contribution < 1.29 is 18.3 Å². The first-order valence-electron chi connectivity index (χ1n) is 11.9. The van der Waals surface area contributed by atoms with Crippen LogP contribution in [0, 0.1) is 11.8 Å². The smallest absolute Gasteiger partial charge is 0.409 e. The highest BCUT2D eigenvalue weighted by molar-refractivity contribution is 5.82. The van der Waals surface area contributed by atoms with Crippen LogP contribution in [0.15, 0.2) is 60.9 Å². The number of anilines is 1. The lowest BCUT2D eigenvalue weighted by atomic mass is 10.0. The number of methoxy groups -OCH3 is 1. The molecule has 5 aromatic rings. The number of nitrogens with zero attached hydrogens (tertiary/aromatic N) is 7. The fraction of sp³-hybridized carbons (Fsp3) is 0.192. The number of pyridine rings is 1. The molecule has 1 aliphatic heterocycles. The molecular weight excluding hydrogens is 494 g/mol. The largest absolute Gasteiger partial charge is 0.453 e. The van der Waals surface area contributed by atoms with E-state index in [-0.39, 0.29) is 12.4 Å². The van der Waals surface area contributed by atoms with Gasteiger partial charge in [0, 0.05) is 24.8 Å². The monoisotopic (exact) mass is 516 g/mol. The molecule has 0 saturated heterocycles. The van der Waals surface area contributed by atoms with E-state index < -0.39 is 12.0 Å². The van der Waals surface area contributed by atoms with Crippen molar-refractivity contribution in [2.45, 2.75) is 19.6 Å². The maximum absolute atomic E-state index is 13.7. The SMILES string of the molecule is COC(=O)N1CCn2nc(-c3ccc(F)cc3)c(-c3ccc4nc(NCc5ccnc(F)c5)cn4n3)c2C1. The lowest BCUT2D eigenvalue weighted by Crippen LogP contribution is -2.38. The highest BCUT2D eigenvalue weighted by atomic mass is 19.1. The maximum atomic E-state index is 13.7. The molecule has 0 aliphatic carbocycles. The number of fused-ring (bicyclic) bond motifs is 2. The highest BCUT2D eigenvalue weighted by Crippen LogP contribution is 2.36. The molecule has 0 spiro atoms. The molecule has 38 heavy (non-hydrogen) atoms. The van der Waals surface area contributed by atoms with Gasteiger partial charge in [-0.15, -0.1) is 0 Å². The molecule has 0 bridgehead atoms. The fourth-order valence-electron chi connectivity index (χ4n) is 4.53. The summed E-state index contributed by atoms with van der Waals surface area (Å²) < 4.78 is 35.5. The second-order valence-corrected chi connectivity index (χ2v) is 8.78. The van der Waals surface area contributed by atoms with E-state index in [1.54, 1.807) is 33.8 Å². The number of nitrogens with one attached hydrogen (secondary N) is 1. The van der Waals surface area contributed by atoms with E-state index in [2.05, 4.69) is 15.3 Å². The summed E-state index contributed by atoms with van der Waals surface area (Å²) >= 11 is 0. The van der Waals surface area contributed by atoms with E-state index in [9.17, 15) is 13.6 Å². The normalized spacial score (nSPS) is 13.0. The Balaban J connectivity index is 1.38. The number of hydrogen-bond acceptors (Lipinski definition) is 7. The number of hydrogen-bond donors (Lipinski definition) is 1. The fourth-order valence-corrected chi connectivity index (χ4v) is 4.53. The van der Waals surface area contributed by atoms with Gasteiger partial charge in [-0.25, -0.2) is 23.7 Å². The average Bonchev–Trinajstić information content (AvgIpc) is 3.52. The van der Waals surface area contributed by atoms with Gasteiger partial charge in [0.25, 0.3) is 0 Å². The number of benzene rings is 1. The van der Waals surface area contributed by atoms with Crippen LogP contribution in [0.25, 0.3) is 28.2 Å². The average molecular weight is 517 g/mol. The second kappa shape index (κ2) is 9.54. The molecule has 4 aromatic heterocycles. The van der Waals surface area contributed by atoms with E-state index in [4.69, 9.17) is 14.9 Å². The molecule has 1 amide bonds. The van der Waals surface area contributed by atoms with Gasteiger partial charge in [0.1, 0.15) is 17.3 Å². The third-order valence-corrected chi connectivity index (χ3v) is 6.37. The Morgan fingerprint density at radius 1 is 1.08 bits per heavy atom. The van der Waals surface area contributed by atoms with Crippen molar-refractivity contribution in [2.75, 3.05) is 19.0 Å². The molecule has 5 heterocycles. The molecule has 0 radical (unpaired) electrons. The van der Waals surface area contributed by atoms with E-state index in [0.29, 0.717) is 42.5 Å². The molecular formula is C26H22F2N8O2. The number of amides is 1. The first-order valence-corrected chi connectivity index (χ1v) is 11.9. The quantitative estimate of drug-likeness (QED) is 0.351. The number of halogens is 2. The number of imidazole rings is 1. The maximum Gasteiger partial charge on any atom is 0.409 e. The topological polar surface area (TPSA) is 102 Å². The Hall–Kier alpha value is -4.87. The molecule has 0 fully saturated rings. The van der Waals surface area contributed by atoms with Gasteiger partial charge in [0.2, 0.25) is 5.95 Å². The second-order valence-electron chi connectivity index (χ2n) is 8.78. The summed E-state index contributed by atoms with van der Waals surface area (Å²) in [5.41, 5.74) is 4.86. The number of aromatic nitrogens is 6. The van der Waals surface area contributed by atoms with Gasteiger partial charge >= 0.3 is 6.09 Å². The van der Waals surface area contributed by atoms with E-state index in [1.165, 1.54) is 31.5 Å². The van der Waals surface area contributed by atoms with Gasteiger partial charge in [0.15, 0.2) is 5.65 Å². The summed E-state index contributed by atoms with van der Waals surface area (Å²) in [5, 5.41) is 12.8. The van der Waals surface area contributed by atoms with Gasteiger partial charge in [-0.1, -0.05) is 0 Å². The van der Waals surface area contributed by atoms with Crippen LogP contribution >= 0.6 is 0 Å². The Kier molecular flexibility index (Phi) is 5.91. The minimum atomic E-state index is -0.544. The molecule has 192 valence electrons. The third-order valence-electron chi connectivity index (χ3n) is 6.37. The zero-order chi connectivity index (χ0) is 26.2. The van der Waals surface area contributed by atoms with Crippen molar-refractivity contribution >= 4 is 17.6 Å². The van der Waals surface area contributed by atoms with E-state index in [1.807, 2.05) is 16.8 Å². The zero-order valence-electron chi connectivity index (χ0n) is 20.3. The van der Waals surface area contributed by atoms with Crippen LogP contribution in [0.2, 0.25) is 0 Å². The van der Waals surface area contributed by atoms with Crippen LogP contribution in [0.5, 0.6) is 0 Å². The molecule has 0 unspecified atom stereocenters. The van der Waals surface area contributed by atoms with Crippen LogP contribution in [-0.2, 0) is 24.4 Å². The van der Waals surface area contributed by atoms with Gasteiger partial charge in [-0.3, -0.25) is 4.68 Å². The summed E-state index contributed by atoms with van der Waals surface area (Å²) in [7, 11) is 1.35. The van der Waals surface area contributed by atoms with Crippen LogP contribution in [0.1, 0.15) is 11.3 Å². The third kappa shape index (κ3) is 4.40. The highest BCUT2D eigenvalue weighted by Gasteiger charge is 2.29. The molecule has 1 aromatic carbocycles. The van der Waals surface area contributed by atoms with Crippen molar-refractivity contribution in [3.8, 4) is 22.5 Å². The lowest BCUT2D eigenvalue weighted by molar-refractivity contribution is 0.111. The van der Waals surface area contributed by atoms with Gasteiger partial charge < -0.3 is 15.0 Å². The summed E-state index contributed by atoms with van der Waals surface area (Å²) in [5.74, 6) is -0.319. The number of rotatable bonds is 5. The summed E-state index contributed by atoms with van der Waals surface area (Å²) in [6, 6.07) is 12.9. The first kappa shape index (κ1) is 23.5. The van der Waals surface area contributed by atoms with Crippen molar-refractivity contribution in [1.82, 2.24) is 34.3 Å². The van der Waals surface area contributed by atoms with Crippen LogP contribution in [0.3, 0.4) is 0 Å². The summed E-state index contributed by atoms with van der Waals surface area (Å²) in [6.45, 7) is 1.59. The lowest BCUT2D eigenvalue weighted by Gasteiger charge is -2.27. The van der Waals surface area contributed by atoms with Crippen molar-refractivity contribution in [1.29, 1.82) is 0 Å². The molecule has 0 saturated carbocycles. The number of ether oxygens (including phenoxy) is 1. The van der Waals surface area contributed by atoms with Gasteiger partial charge in [-0.05, 0) is 54.1 Å². The first-order chi connectivity index (χ1) is 18.5. The van der Waals surface area contributed by atoms with Crippen molar-refractivity contribution in [3.63, 3.8) is 0 Å². The van der Waals surface area contributed by atoms with Crippen molar-refractivity contribution in [2.24, 2.45) is 0 Å². The Labute approximate surface area is 215 Å². The molecule has 6 rings (SSSR count). The standard InChI is InChI=1S/C26H22F2N8O2/c1-38-26(37)34-10-11-35-20(14-34)24(25(33-35)17-2-4-18(27)5-3-17)19-6-7-23-31-22(15-36(23)32-19)30-13-16-8-9-29-21(28)12-16/h2-9,12,15,30H,10-11,13-14H2,1H3. The van der Waals surface area contributed by atoms with Crippen molar-refractivity contribution in [3.05, 3.63) is 83.9 Å². The zero-order valence-corrected chi connectivity index (χ0v) is 20.3. The minimum Gasteiger partial charge on any atom is -0.453 e. The predicted molar refractivity (Wildman–Crippen MR) is 134 cm³/mol. The van der Waals surface area contributed by atoms with E-state index in [0.717, 1.165) is 22.4 Å². The Morgan fingerprint density at radius 2 is 1.92 bits per heavy atom. The Bertz CT molecular complexity index is 1650. The molecule has 1 aliphatic rings. The number of carbonyl (C=O) groups is 1. The van der Waals surface area contributed by atoms with Crippen LogP contribution < -0.4 is 5.32 Å². The molecule has 0 atom stereocenters. The van der Waals surface area contributed by atoms with Crippen LogP contribution in [-0.4, -0.2) is 54.0 Å². The van der Waals surface area contributed by atoms with Crippen LogP contribution in [0.4, 0.5) is 19.4 Å². The molecule has 10 nitrogen and oxygen atoms in total. The molecule has 12 heteroatoms. The molecule has 1 N–H and O–H groups in total. The minimum absolute atomic E-state index is 0.287. The summed E-state index contributed by atoms with van der Waals surface area (Å²) in [6.07, 6.45) is 2.73. The van der Waals surface area contributed by atoms with Gasteiger partial charge in [0.05, 0.1) is 43.3 Å². The predicted octanol–water partition coefficient (Wildman–Crippen LogP) is 4.13. The van der Waals surface area contributed by atoms with E-state index >= 15 is 0 Å². The summed E-state index contributed by atoms with van der Waals surface area (Å²) in [4.78, 5) is 22.0. The number of carbonyl (C=O) groups excluding carboxylic acids is 1. The van der Waals surface area contributed by atoms with Gasteiger partial charge in [-0.2, -0.15) is 14.6 Å².